The van der Waals surface area contributed by atoms with Crippen molar-refractivity contribution in [3.63, 3.8) is 0 Å². The summed E-state index contributed by atoms with van der Waals surface area (Å²) in [6.45, 7) is 4.21. The molecule has 0 spiro atoms. The van der Waals surface area contributed by atoms with Crippen LogP contribution in [0.3, 0.4) is 0 Å². The number of aromatic nitrogens is 8. The lowest BCUT2D eigenvalue weighted by Crippen LogP contribution is -2.07. The standard InChI is InChI=1S/C24H24N8/c1-3-4-9-22-21(24-29-25-15-32(24)16(2)26-22)14-17-10-12-18(13-11-17)19-7-5-6-8-20(19)23-27-30-31-28-23/h5-8,10-13,15H,3-4,9,14H2,1-2H3,(H,27,28,30,31). The lowest BCUT2D eigenvalue weighted by molar-refractivity contribution is 0.755. The van der Waals surface area contributed by atoms with Crippen LogP contribution in [0.5, 0.6) is 0 Å². The smallest absolute Gasteiger partial charge is 0.205 e. The van der Waals surface area contributed by atoms with Gasteiger partial charge in [-0.25, -0.2) is 4.98 Å². The van der Waals surface area contributed by atoms with Crippen molar-refractivity contribution in [1.29, 1.82) is 0 Å². The summed E-state index contributed by atoms with van der Waals surface area (Å²) >= 11 is 0. The van der Waals surface area contributed by atoms with Gasteiger partial charge in [0.25, 0.3) is 0 Å². The zero-order chi connectivity index (χ0) is 21.9. The lowest BCUT2D eigenvalue weighted by atomic mass is 9.96. The number of aryl methyl sites for hydroxylation is 2. The van der Waals surface area contributed by atoms with E-state index in [1.54, 1.807) is 6.33 Å². The number of aromatic amines is 1. The normalized spacial score (nSPS) is 11.3. The van der Waals surface area contributed by atoms with Crippen molar-refractivity contribution in [2.75, 3.05) is 0 Å². The van der Waals surface area contributed by atoms with Crippen molar-refractivity contribution in [2.45, 2.75) is 39.5 Å². The molecule has 0 aliphatic heterocycles. The van der Waals surface area contributed by atoms with Crippen molar-refractivity contribution >= 4 is 5.65 Å². The summed E-state index contributed by atoms with van der Waals surface area (Å²) < 4.78 is 1.97. The third-order valence-corrected chi connectivity index (χ3v) is 5.74. The number of unbranched alkanes of at least 4 members (excludes halogenated alkanes) is 1. The predicted molar refractivity (Wildman–Crippen MR) is 122 cm³/mol. The van der Waals surface area contributed by atoms with E-state index in [4.69, 9.17) is 4.98 Å². The maximum Gasteiger partial charge on any atom is 0.205 e. The minimum atomic E-state index is 0.588. The second-order valence-corrected chi connectivity index (χ2v) is 7.87. The quantitative estimate of drug-likeness (QED) is 0.420. The zero-order valence-electron chi connectivity index (χ0n) is 18.2. The van der Waals surface area contributed by atoms with Gasteiger partial charge < -0.3 is 0 Å². The molecule has 0 fully saturated rings. The molecule has 0 saturated heterocycles. The Hall–Kier alpha value is -3.94. The van der Waals surface area contributed by atoms with Crippen LogP contribution in [0.4, 0.5) is 0 Å². The van der Waals surface area contributed by atoms with E-state index in [9.17, 15) is 0 Å². The van der Waals surface area contributed by atoms with E-state index >= 15 is 0 Å². The number of tetrazole rings is 1. The van der Waals surface area contributed by atoms with Crippen LogP contribution in [0.25, 0.3) is 28.2 Å². The highest BCUT2D eigenvalue weighted by molar-refractivity contribution is 5.80. The van der Waals surface area contributed by atoms with Crippen LogP contribution < -0.4 is 0 Å². The first kappa shape index (κ1) is 20.0. The van der Waals surface area contributed by atoms with Crippen molar-refractivity contribution in [2.24, 2.45) is 0 Å². The van der Waals surface area contributed by atoms with E-state index in [2.05, 4.69) is 68.1 Å². The van der Waals surface area contributed by atoms with E-state index in [-0.39, 0.29) is 0 Å². The van der Waals surface area contributed by atoms with Crippen LogP contribution in [0.1, 0.15) is 42.4 Å². The fourth-order valence-electron chi connectivity index (χ4n) is 4.07. The first-order valence-corrected chi connectivity index (χ1v) is 10.8. The maximum atomic E-state index is 4.87. The van der Waals surface area contributed by atoms with Gasteiger partial charge >= 0.3 is 0 Å². The molecule has 0 amide bonds. The molecule has 0 unspecified atom stereocenters. The molecule has 1 N–H and O–H groups in total. The molecular weight excluding hydrogens is 400 g/mol. The van der Waals surface area contributed by atoms with Gasteiger partial charge in [-0.05, 0) is 41.7 Å². The number of hydrogen-bond acceptors (Lipinski definition) is 6. The number of fused-ring (bicyclic) bond motifs is 1. The molecule has 0 bridgehead atoms. The van der Waals surface area contributed by atoms with Crippen LogP contribution >= 0.6 is 0 Å². The molecule has 2 aromatic carbocycles. The van der Waals surface area contributed by atoms with Crippen molar-refractivity contribution in [3.8, 4) is 22.5 Å². The van der Waals surface area contributed by atoms with Crippen LogP contribution in [0.15, 0.2) is 54.9 Å². The number of rotatable bonds is 7. The van der Waals surface area contributed by atoms with E-state index in [1.807, 2.05) is 29.5 Å². The second kappa shape index (κ2) is 8.66. The Labute approximate surface area is 185 Å². The molecule has 8 heteroatoms. The molecule has 0 atom stereocenters. The van der Waals surface area contributed by atoms with Gasteiger partial charge in [-0.3, -0.25) is 4.40 Å². The second-order valence-electron chi connectivity index (χ2n) is 7.87. The Bertz CT molecular complexity index is 1340. The van der Waals surface area contributed by atoms with Crippen molar-refractivity contribution in [1.82, 2.24) is 40.2 Å². The summed E-state index contributed by atoms with van der Waals surface area (Å²) in [5.41, 5.74) is 7.51. The summed E-state index contributed by atoms with van der Waals surface area (Å²) in [7, 11) is 0. The molecule has 3 heterocycles. The number of hydrogen-bond donors (Lipinski definition) is 1. The number of nitrogens with one attached hydrogen (secondary N) is 1. The Morgan fingerprint density at radius 3 is 2.53 bits per heavy atom. The summed E-state index contributed by atoms with van der Waals surface area (Å²) in [6, 6.07) is 16.7. The highest BCUT2D eigenvalue weighted by Gasteiger charge is 2.15. The SMILES string of the molecule is CCCCc1nc(C)n2cnnc2c1Cc1ccc(-c2ccccc2-c2nn[nH]n2)cc1. The van der Waals surface area contributed by atoms with Gasteiger partial charge in [0.1, 0.15) is 12.2 Å². The van der Waals surface area contributed by atoms with Gasteiger partial charge in [-0.1, -0.05) is 61.9 Å². The third kappa shape index (κ3) is 3.75. The third-order valence-electron chi connectivity index (χ3n) is 5.74. The number of nitrogens with zero attached hydrogens (tertiary/aromatic N) is 7. The largest absolute Gasteiger partial charge is 0.269 e. The summed E-state index contributed by atoms with van der Waals surface area (Å²) in [6.07, 6.45) is 5.69. The molecule has 0 aliphatic carbocycles. The van der Waals surface area contributed by atoms with Crippen LogP contribution in [-0.4, -0.2) is 40.2 Å². The molecular formula is C24H24N8. The van der Waals surface area contributed by atoms with E-state index < -0.39 is 0 Å². The van der Waals surface area contributed by atoms with Crippen molar-refractivity contribution < 1.29 is 0 Å². The summed E-state index contributed by atoms with van der Waals surface area (Å²) in [5.74, 6) is 1.51. The minimum Gasteiger partial charge on any atom is -0.269 e. The monoisotopic (exact) mass is 424 g/mol. The number of benzene rings is 2. The van der Waals surface area contributed by atoms with Crippen LogP contribution in [-0.2, 0) is 12.8 Å². The predicted octanol–water partition coefficient (Wildman–Crippen LogP) is 4.21. The molecule has 0 radical (unpaired) electrons. The van der Waals surface area contributed by atoms with Crippen molar-refractivity contribution in [3.05, 3.63) is 77.5 Å². The Morgan fingerprint density at radius 1 is 0.969 bits per heavy atom. The summed E-state index contributed by atoms with van der Waals surface area (Å²) in [5, 5.41) is 23.0. The van der Waals surface area contributed by atoms with Gasteiger partial charge in [-0.2, -0.15) is 5.21 Å². The minimum absolute atomic E-state index is 0.588. The fourth-order valence-corrected chi connectivity index (χ4v) is 4.07. The molecule has 8 nitrogen and oxygen atoms in total. The molecule has 32 heavy (non-hydrogen) atoms. The molecule has 5 aromatic rings. The van der Waals surface area contributed by atoms with Crippen LogP contribution in [0.2, 0.25) is 0 Å². The average molecular weight is 425 g/mol. The highest BCUT2D eigenvalue weighted by atomic mass is 15.5. The lowest BCUT2D eigenvalue weighted by Gasteiger charge is -2.13. The van der Waals surface area contributed by atoms with E-state index in [1.165, 1.54) is 5.56 Å². The molecule has 5 rings (SSSR count). The highest BCUT2D eigenvalue weighted by Crippen LogP contribution is 2.30. The zero-order valence-corrected chi connectivity index (χ0v) is 18.2. The maximum absolute atomic E-state index is 4.87. The van der Waals surface area contributed by atoms with Gasteiger partial charge in [0, 0.05) is 23.2 Å². The fraction of sp³-hybridized carbons (Fsp3) is 0.250. The average Bonchev–Trinajstić information content (AvgIpc) is 3.53. The Morgan fingerprint density at radius 2 is 1.78 bits per heavy atom. The molecule has 0 saturated carbocycles. The Kier molecular flexibility index (Phi) is 5.41. The first-order chi connectivity index (χ1) is 15.7. The molecule has 0 aliphatic rings. The number of H-pyrrole nitrogens is 1. The van der Waals surface area contributed by atoms with Gasteiger partial charge in [0.15, 0.2) is 5.65 Å². The van der Waals surface area contributed by atoms with Crippen LogP contribution in [0, 0.1) is 6.92 Å². The topological polar surface area (TPSA) is 97.5 Å². The van der Waals surface area contributed by atoms with E-state index in [0.29, 0.717) is 5.82 Å². The van der Waals surface area contributed by atoms with Gasteiger partial charge in [-0.15, -0.1) is 20.4 Å². The van der Waals surface area contributed by atoms with Gasteiger partial charge in [0.05, 0.1) is 0 Å². The molecule has 3 aromatic heterocycles. The summed E-state index contributed by atoms with van der Waals surface area (Å²) in [4.78, 5) is 4.87. The Balaban J connectivity index is 1.49. The van der Waals surface area contributed by atoms with Gasteiger partial charge in [0.2, 0.25) is 5.82 Å². The van der Waals surface area contributed by atoms with E-state index in [0.717, 1.165) is 65.1 Å². The molecule has 160 valence electrons. The first-order valence-electron chi connectivity index (χ1n) is 10.8.